The van der Waals surface area contributed by atoms with Crippen molar-refractivity contribution in [3.8, 4) is 5.75 Å². The van der Waals surface area contributed by atoms with Gasteiger partial charge >= 0.3 is 0 Å². The summed E-state index contributed by atoms with van der Waals surface area (Å²) in [7, 11) is 0.461. The zero-order valence-electron chi connectivity index (χ0n) is 9.60. The molecule has 7 heteroatoms. The molecule has 0 fully saturated rings. The average molecular weight is 278 g/mol. The van der Waals surface area contributed by atoms with Crippen LogP contribution < -0.4 is 4.74 Å². The molecule has 0 saturated heterocycles. The Morgan fingerprint density at radius 2 is 1.94 bits per heavy atom. The van der Waals surface area contributed by atoms with Crippen molar-refractivity contribution >= 4 is 26.9 Å². The predicted molar refractivity (Wildman–Crippen MR) is 64.1 cm³/mol. The van der Waals surface area contributed by atoms with Gasteiger partial charge in [0.25, 0.3) is 5.24 Å². The molecule has 0 spiro atoms. The molecule has 94 valence electrons. The third-order valence-electron chi connectivity index (χ3n) is 2.15. The second kappa shape index (κ2) is 5.03. The van der Waals surface area contributed by atoms with Crippen LogP contribution in [0.15, 0.2) is 23.1 Å². The fraction of sp³-hybridized carbons (Fsp3) is 0.300. The van der Waals surface area contributed by atoms with E-state index in [-0.39, 0.29) is 16.2 Å². The Labute approximate surface area is 105 Å². The molecule has 0 atom stereocenters. The van der Waals surface area contributed by atoms with Gasteiger partial charge in [-0.1, -0.05) is 0 Å². The van der Waals surface area contributed by atoms with Crippen LogP contribution in [0.25, 0.3) is 0 Å². The molecule has 0 amide bonds. The smallest absolute Gasteiger partial charge is 0.252 e. The van der Waals surface area contributed by atoms with Crippen LogP contribution in [0.5, 0.6) is 5.75 Å². The third kappa shape index (κ3) is 2.77. The summed E-state index contributed by atoms with van der Waals surface area (Å²) in [5.41, 5.74) is 0.105. The van der Waals surface area contributed by atoms with Crippen LogP contribution in [0.2, 0.25) is 0 Å². The lowest BCUT2D eigenvalue weighted by Gasteiger charge is -2.14. The quantitative estimate of drug-likeness (QED) is 0.779. The molecule has 0 aromatic heterocycles. The van der Waals surface area contributed by atoms with Gasteiger partial charge in [-0.25, -0.2) is 12.7 Å². The molecule has 5 nitrogen and oxygen atoms in total. The molecule has 0 N–H and O–H groups in total. The van der Waals surface area contributed by atoms with E-state index in [1.165, 1.54) is 39.4 Å². The summed E-state index contributed by atoms with van der Waals surface area (Å²) in [5, 5.41) is -0.720. The van der Waals surface area contributed by atoms with Crippen LogP contribution >= 0.6 is 11.6 Å². The van der Waals surface area contributed by atoms with Gasteiger partial charge in [-0.15, -0.1) is 0 Å². The molecule has 0 unspecified atom stereocenters. The number of halogens is 1. The van der Waals surface area contributed by atoms with Crippen molar-refractivity contribution in [3.63, 3.8) is 0 Å². The first-order valence-electron chi connectivity index (χ1n) is 4.61. The van der Waals surface area contributed by atoms with Crippen molar-refractivity contribution in [3.05, 3.63) is 23.8 Å². The van der Waals surface area contributed by atoms with Crippen LogP contribution in [0.1, 0.15) is 10.4 Å². The number of hydrogen-bond donors (Lipinski definition) is 0. The van der Waals surface area contributed by atoms with Crippen LogP contribution in [0.3, 0.4) is 0 Å². The van der Waals surface area contributed by atoms with Gasteiger partial charge in [-0.2, -0.15) is 0 Å². The van der Waals surface area contributed by atoms with Crippen molar-refractivity contribution in [1.29, 1.82) is 0 Å². The second-order valence-electron chi connectivity index (χ2n) is 3.43. The summed E-state index contributed by atoms with van der Waals surface area (Å²) in [6, 6.07) is 4.00. The summed E-state index contributed by atoms with van der Waals surface area (Å²) < 4.78 is 29.9. The summed E-state index contributed by atoms with van der Waals surface area (Å²) in [6.07, 6.45) is 0. The SMILES string of the molecule is COc1ccc(C(=O)Cl)cc1S(=O)(=O)N(C)C. The Hall–Kier alpha value is -1.11. The molecule has 1 aromatic carbocycles. The lowest BCUT2D eigenvalue weighted by atomic mass is 10.2. The first-order chi connectivity index (χ1) is 7.80. The van der Waals surface area contributed by atoms with Gasteiger partial charge in [0.2, 0.25) is 10.0 Å². The standard InChI is InChI=1S/C10H12ClNO4S/c1-12(2)17(14,15)9-6-7(10(11)13)4-5-8(9)16-3/h4-6H,1-3H3. The maximum Gasteiger partial charge on any atom is 0.252 e. The highest BCUT2D eigenvalue weighted by Crippen LogP contribution is 2.27. The number of carbonyl (C=O) groups is 1. The maximum absolute atomic E-state index is 12.0. The van der Waals surface area contributed by atoms with E-state index in [9.17, 15) is 13.2 Å². The number of benzene rings is 1. The predicted octanol–water partition coefficient (Wildman–Crippen LogP) is 1.32. The Morgan fingerprint density at radius 3 is 2.35 bits per heavy atom. The number of sulfonamides is 1. The number of carbonyl (C=O) groups excluding carboxylic acids is 1. The molecular formula is C10H12ClNO4S. The van der Waals surface area contributed by atoms with Crippen molar-refractivity contribution in [2.45, 2.75) is 4.90 Å². The molecule has 0 aliphatic rings. The fourth-order valence-corrected chi connectivity index (χ4v) is 2.39. The fourth-order valence-electron chi connectivity index (χ4n) is 1.20. The highest BCUT2D eigenvalue weighted by atomic mass is 35.5. The average Bonchev–Trinajstić information content (AvgIpc) is 2.27. The van der Waals surface area contributed by atoms with Gasteiger partial charge in [0, 0.05) is 19.7 Å². The van der Waals surface area contributed by atoms with E-state index in [0.717, 1.165) is 4.31 Å². The van der Waals surface area contributed by atoms with E-state index < -0.39 is 15.3 Å². The highest BCUT2D eigenvalue weighted by molar-refractivity contribution is 7.89. The van der Waals surface area contributed by atoms with Crippen LogP contribution in [0.4, 0.5) is 0 Å². The minimum absolute atomic E-state index is 0.0866. The largest absolute Gasteiger partial charge is 0.495 e. The molecular weight excluding hydrogens is 266 g/mol. The second-order valence-corrected chi connectivity index (χ2v) is 5.89. The summed E-state index contributed by atoms with van der Waals surface area (Å²) in [5.74, 6) is 0.167. The Bertz CT molecular complexity index is 539. The summed E-state index contributed by atoms with van der Waals surface area (Å²) in [6.45, 7) is 0. The summed E-state index contributed by atoms with van der Waals surface area (Å²) >= 11 is 5.31. The highest BCUT2D eigenvalue weighted by Gasteiger charge is 2.23. The number of methoxy groups -OCH3 is 1. The van der Waals surface area contributed by atoms with Crippen molar-refractivity contribution in [2.75, 3.05) is 21.2 Å². The van der Waals surface area contributed by atoms with Crippen molar-refractivity contribution in [2.24, 2.45) is 0 Å². The molecule has 0 bridgehead atoms. The Kier molecular flexibility index (Phi) is 4.13. The molecule has 0 aliphatic carbocycles. The number of hydrogen-bond acceptors (Lipinski definition) is 4. The Balaban J connectivity index is 3.49. The minimum atomic E-state index is -3.68. The van der Waals surface area contributed by atoms with Gasteiger partial charge in [-0.3, -0.25) is 4.79 Å². The van der Waals surface area contributed by atoms with Gasteiger partial charge in [0.05, 0.1) is 7.11 Å². The van der Waals surface area contributed by atoms with Gasteiger partial charge < -0.3 is 4.74 Å². The Morgan fingerprint density at radius 1 is 1.35 bits per heavy atom. The number of rotatable bonds is 4. The topological polar surface area (TPSA) is 63.7 Å². The first-order valence-corrected chi connectivity index (χ1v) is 6.43. The number of ether oxygens (including phenoxy) is 1. The van der Waals surface area contributed by atoms with Crippen LogP contribution in [-0.4, -0.2) is 39.2 Å². The van der Waals surface area contributed by atoms with Gasteiger partial charge in [-0.05, 0) is 29.8 Å². The zero-order chi connectivity index (χ0) is 13.2. The zero-order valence-corrected chi connectivity index (χ0v) is 11.2. The molecule has 1 rings (SSSR count). The molecule has 0 heterocycles. The number of nitrogens with zero attached hydrogens (tertiary/aromatic N) is 1. The molecule has 17 heavy (non-hydrogen) atoms. The molecule has 0 saturated carbocycles. The molecule has 1 aromatic rings. The van der Waals surface area contributed by atoms with E-state index >= 15 is 0 Å². The maximum atomic E-state index is 12.0. The van der Waals surface area contributed by atoms with Crippen molar-refractivity contribution < 1.29 is 17.9 Å². The van der Waals surface area contributed by atoms with Crippen LogP contribution in [0, 0.1) is 0 Å². The van der Waals surface area contributed by atoms with E-state index in [1.54, 1.807) is 0 Å². The molecule has 0 aliphatic heterocycles. The van der Waals surface area contributed by atoms with E-state index in [0.29, 0.717) is 0 Å². The van der Waals surface area contributed by atoms with Crippen molar-refractivity contribution in [1.82, 2.24) is 4.31 Å². The monoisotopic (exact) mass is 277 g/mol. The lowest BCUT2D eigenvalue weighted by Crippen LogP contribution is -2.23. The van der Waals surface area contributed by atoms with Crippen LogP contribution in [-0.2, 0) is 10.0 Å². The summed E-state index contributed by atoms with van der Waals surface area (Å²) in [4.78, 5) is 10.9. The van der Waals surface area contributed by atoms with Gasteiger partial charge in [0.1, 0.15) is 10.6 Å². The normalized spacial score (nSPS) is 11.6. The minimum Gasteiger partial charge on any atom is -0.495 e. The molecule has 0 radical (unpaired) electrons. The lowest BCUT2D eigenvalue weighted by molar-refractivity contribution is 0.108. The first kappa shape index (κ1) is 14.0. The third-order valence-corrected chi connectivity index (χ3v) is 4.20. The van der Waals surface area contributed by atoms with E-state index in [1.807, 2.05) is 0 Å². The van der Waals surface area contributed by atoms with E-state index in [4.69, 9.17) is 16.3 Å². The van der Waals surface area contributed by atoms with E-state index in [2.05, 4.69) is 0 Å². The van der Waals surface area contributed by atoms with Gasteiger partial charge in [0.15, 0.2) is 0 Å².